The molecule has 3 aromatic rings. The predicted molar refractivity (Wildman–Crippen MR) is 155 cm³/mol. The van der Waals surface area contributed by atoms with Crippen LogP contribution < -0.4 is 15.4 Å². The van der Waals surface area contributed by atoms with E-state index in [0.29, 0.717) is 23.0 Å². The molecule has 3 aliphatic rings. The van der Waals surface area contributed by atoms with E-state index in [1.54, 1.807) is 12.1 Å². The smallest absolute Gasteiger partial charge is 0.418 e. The second kappa shape index (κ2) is 11.2. The quantitative estimate of drug-likeness (QED) is 0.305. The van der Waals surface area contributed by atoms with Gasteiger partial charge in [0, 0.05) is 57.0 Å². The Morgan fingerprint density at radius 1 is 1.10 bits per heavy atom. The van der Waals surface area contributed by atoms with Gasteiger partial charge in [0.1, 0.15) is 23.4 Å². The third-order valence-corrected chi connectivity index (χ3v) is 8.93. The van der Waals surface area contributed by atoms with Crippen molar-refractivity contribution in [3.63, 3.8) is 0 Å². The number of aliphatic hydroxyl groups is 1. The zero-order valence-corrected chi connectivity index (χ0v) is 24.3. The number of hydrogen-bond donors (Lipinski definition) is 4. The van der Waals surface area contributed by atoms with Crippen molar-refractivity contribution in [2.24, 2.45) is 0 Å². The Kier molecular flexibility index (Phi) is 7.71. The molecule has 4 N–H and O–H groups in total. The predicted octanol–water partition coefficient (Wildman–Crippen LogP) is 4.40. The molecule has 6 rings (SSSR count). The van der Waals surface area contributed by atoms with Gasteiger partial charge in [0.15, 0.2) is 0 Å². The fourth-order valence-electron chi connectivity index (χ4n) is 5.99. The van der Waals surface area contributed by atoms with Gasteiger partial charge in [-0.15, -0.1) is 0 Å². The monoisotopic (exact) mass is 588 g/mol. The van der Waals surface area contributed by atoms with E-state index < -0.39 is 18.0 Å². The first-order valence-corrected chi connectivity index (χ1v) is 14.6. The van der Waals surface area contributed by atoms with Gasteiger partial charge in [-0.3, -0.25) is 9.80 Å². The lowest BCUT2D eigenvalue weighted by molar-refractivity contribution is -0.136. The number of aliphatic hydroxyl groups excluding tert-OH is 1. The van der Waals surface area contributed by atoms with Crippen molar-refractivity contribution >= 4 is 28.5 Å². The highest BCUT2D eigenvalue weighted by Crippen LogP contribution is 2.43. The van der Waals surface area contributed by atoms with Crippen LogP contribution in [-0.2, 0) is 6.18 Å². The number of alkyl halides is 3. The second-order valence-corrected chi connectivity index (χ2v) is 12.1. The number of likely N-dealkylation sites (tertiary alicyclic amines) is 1. The van der Waals surface area contributed by atoms with E-state index in [1.165, 1.54) is 7.11 Å². The zero-order valence-electron chi connectivity index (χ0n) is 24.3. The minimum Gasteiger partial charge on any atom is -0.495 e. The summed E-state index contributed by atoms with van der Waals surface area (Å²) in [5.41, 5.74) is 0.215. The number of aromatic amines is 1. The number of rotatable bonds is 8. The number of methoxy groups -OCH3 is 1. The molecule has 1 atom stereocenters. The summed E-state index contributed by atoms with van der Waals surface area (Å²) in [7, 11) is 3.69. The molecule has 228 valence electrons. The second-order valence-electron chi connectivity index (χ2n) is 12.1. The average Bonchev–Trinajstić information content (AvgIpc) is 3.52. The summed E-state index contributed by atoms with van der Waals surface area (Å²) in [6, 6.07) is 5.92. The number of piperazine rings is 1. The van der Waals surface area contributed by atoms with Crippen LogP contribution in [0.5, 0.6) is 5.75 Å². The Hall–Kier alpha value is -3.13. The summed E-state index contributed by atoms with van der Waals surface area (Å²) in [5.74, 6) is 0.721. The number of likely N-dealkylation sites (N-methyl/N-ethyl adjacent to an activating group) is 1. The first kappa shape index (κ1) is 29.0. The van der Waals surface area contributed by atoms with Crippen molar-refractivity contribution in [3.05, 3.63) is 35.5 Å². The molecule has 0 bridgehead atoms. The van der Waals surface area contributed by atoms with Gasteiger partial charge in [-0.2, -0.15) is 23.1 Å². The lowest BCUT2D eigenvalue weighted by Gasteiger charge is -2.43. The van der Waals surface area contributed by atoms with Gasteiger partial charge in [0.2, 0.25) is 5.95 Å². The van der Waals surface area contributed by atoms with E-state index in [1.807, 2.05) is 13.0 Å². The van der Waals surface area contributed by atoms with Crippen molar-refractivity contribution in [3.8, 4) is 5.75 Å². The molecule has 42 heavy (non-hydrogen) atoms. The normalized spacial score (nSPS) is 21.4. The Morgan fingerprint density at radius 2 is 1.81 bits per heavy atom. The Labute approximate surface area is 243 Å². The van der Waals surface area contributed by atoms with E-state index in [4.69, 9.17) is 4.74 Å². The molecule has 1 aromatic carbocycles. The van der Waals surface area contributed by atoms with Crippen LogP contribution in [-0.4, -0.2) is 99.8 Å². The van der Waals surface area contributed by atoms with Crippen LogP contribution >= 0.6 is 0 Å². The van der Waals surface area contributed by atoms with Gasteiger partial charge < -0.3 is 30.4 Å². The number of halogens is 3. The molecule has 10 nitrogen and oxygen atoms in total. The van der Waals surface area contributed by atoms with E-state index in [0.717, 1.165) is 71.1 Å². The third-order valence-electron chi connectivity index (χ3n) is 8.93. The van der Waals surface area contributed by atoms with Crippen molar-refractivity contribution in [2.45, 2.75) is 56.6 Å². The van der Waals surface area contributed by atoms with Crippen LogP contribution in [0.2, 0.25) is 0 Å². The molecule has 1 saturated carbocycles. The van der Waals surface area contributed by atoms with Gasteiger partial charge in [0.25, 0.3) is 0 Å². The number of nitrogens with one attached hydrogen (secondary N) is 3. The highest BCUT2D eigenvalue weighted by atomic mass is 19.4. The molecule has 2 aliphatic heterocycles. The molecular formula is C29H39F3N8O2. The minimum absolute atomic E-state index is 0.0806. The zero-order chi connectivity index (χ0) is 29.6. The topological polar surface area (TPSA) is 105 Å². The van der Waals surface area contributed by atoms with E-state index in [2.05, 4.69) is 47.3 Å². The van der Waals surface area contributed by atoms with Gasteiger partial charge in [-0.05, 0) is 57.4 Å². The van der Waals surface area contributed by atoms with Crippen molar-refractivity contribution < 1.29 is 23.0 Å². The molecule has 0 spiro atoms. The summed E-state index contributed by atoms with van der Waals surface area (Å²) >= 11 is 0. The molecular weight excluding hydrogens is 549 g/mol. The number of ether oxygens (including phenoxy) is 1. The number of piperidine rings is 1. The first-order valence-electron chi connectivity index (χ1n) is 14.6. The molecule has 4 heterocycles. The summed E-state index contributed by atoms with van der Waals surface area (Å²) < 4.78 is 46.8. The van der Waals surface area contributed by atoms with Gasteiger partial charge >= 0.3 is 6.18 Å². The van der Waals surface area contributed by atoms with E-state index in [9.17, 15) is 18.3 Å². The van der Waals surface area contributed by atoms with Crippen molar-refractivity contribution in [2.75, 3.05) is 64.1 Å². The Balaban J connectivity index is 1.18. The number of H-pyrrole nitrogens is 1. The molecule has 0 radical (unpaired) electrons. The minimum atomic E-state index is -4.54. The molecule has 0 amide bonds. The van der Waals surface area contributed by atoms with Gasteiger partial charge in [-0.25, -0.2) is 0 Å². The maximum Gasteiger partial charge on any atom is 0.418 e. The lowest BCUT2D eigenvalue weighted by Crippen LogP contribution is -2.52. The van der Waals surface area contributed by atoms with E-state index in [-0.39, 0.29) is 28.3 Å². The fourth-order valence-corrected chi connectivity index (χ4v) is 5.99. The summed E-state index contributed by atoms with van der Waals surface area (Å²) in [6.07, 6.45) is -0.672. The largest absolute Gasteiger partial charge is 0.495 e. The number of fused-ring (bicyclic) bond motifs is 1. The summed E-state index contributed by atoms with van der Waals surface area (Å²) in [4.78, 5) is 18.5. The van der Waals surface area contributed by atoms with Crippen molar-refractivity contribution in [1.29, 1.82) is 0 Å². The van der Waals surface area contributed by atoms with Crippen LogP contribution in [0.1, 0.15) is 50.0 Å². The SMILES string of the molecule is COc1cc(C(O)N2CCC(N3CCN(C)CC3)CC2)ccc1Nc1nc(NC2(C)CC2)c2c(C(F)(F)F)c[nH]c2n1. The average molecular weight is 589 g/mol. The van der Waals surface area contributed by atoms with Crippen LogP contribution in [0.4, 0.5) is 30.6 Å². The number of benzene rings is 1. The van der Waals surface area contributed by atoms with E-state index >= 15 is 0 Å². The highest BCUT2D eigenvalue weighted by Gasteiger charge is 2.40. The number of anilines is 3. The number of hydrogen-bond acceptors (Lipinski definition) is 9. The van der Waals surface area contributed by atoms with Gasteiger partial charge in [0.05, 0.1) is 23.7 Å². The number of aromatic nitrogens is 3. The van der Waals surface area contributed by atoms with Crippen LogP contribution in [0.15, 0.2) is 24.4 Å². The molecule has 2 saturated heterocycles. The highest BCUT2D eigenvalue weighted by molar-refractivity contribution is 5.92. The van der Waals surface area contributed by atoms with Crippen LogP contribution in [0.3, 0.4) is 0 Å². The summed E-state index contributed by atoms with van der Waals surface area (Å²) in [5, 5.41) is 17.4. The standard InChI is InChI=1S/C29H39F3N8O2/c1-28(8-9-28)37-25-23-20(29(30,31)32)17-33-24(23)35-27(36-25)34-21-5-4-18(16-22(21)42-3)26(41)40-10-6-19(7-11-40)39-14-12-38(2)13-15-39/h4-5,16-17,19,26,41H,6-15H2,1-3H3,(H3,33,34,35,36,37). The van der Waals surface area contributed by atoms with Gasteiger partial charge in [-0.1, -0.05) is 6.07 Å². The third kappa shape index (κ3) is 6.01. The van der Waals surface area contributed by atoms with Crippen molar-refractivity contribution in [1.82, 2.24) is 29.7 Å². The first-order chi connectivity index (χ1) is 20.0. The van der Waals surface area contributed by atoms with Crippen LogP contribution in [0, 0.1) is 0 Å². The molecule has 1 unspecified atom stereocenters. The molecule has 3 fully saturated rings. The number of nitrogens with zero attached hydrogens (tertiary/aromatic N) is 5. The maximum absolute atomic E-state index is 13.7. The molecule has 1 aliphatic carbocycles. The summed E-state index contributed by atoms with van der Waals surface area (Å²) in [6.45, 7) is 7.94. The molecule has 13 heteroatoms. The fraction of sp³-hybridized carbons (Fsp3) is 0.586. The maximum atomic E-state index is 13.7. The molecule has 2 aromatic heterocycles. The van der Waals surface area contributed by atoms with Crippen LogP contribution in [0.25, 0.3) is 11.0 Å². The Morgan fingerprint density at radius 3 is 2.45 bits per heavy atom. The Bertz CT molecular complexity index is 1410. The lowest BCUT2D eigenvalue weighted by atomic mass is 10.0.